The van der Waals surface area contributed by atoms with E-state index in [2.05, 4.69) is 0 Å². The summed E-state index contributed by atoms with van der Waals surface area (Å²) < 4.78 is 15.3. The van der Waals surface area contributed by atoms with Crippen molar-refractivity contribution in [1.82, 2.24) is 0 Å². The molecule has 1 aromatic heterocycles. The first-order valence-electron chi connectivity index (χ1n) is 6.20. The first-order chi connectivity index (χ1) is 9.08. The number of carbonyl (C=O) groups is 1. The van der Waals surface area contributed by atoms with Crippen LogP contribution in [0.15, 0.2) is 10.5 Å². The fourth-order valence-electron chi connectivity index (χ4n) is 1.86. The molecule has 1 N–H and O–H groups in total. The third kappa shape index (κ3) is 5.02. The number of aryl methyl sites for hydroxylation is 1. The van der Waals surface area contributed by atoms with Gasteiger partial charge in [-0.3, -0.25) is 0 Å². The standard InChI is InChI=1S/C13H21NO5/c1-10-11(8-12(19-10)13(15)16)9-14(4-6-17-2)5-7-18-3/h8H,4-7,9H2,1-3H3,(H,15,16). The van der Waals surface area contributed by atoms with Gasteiger partial charge in [0.15, 0.2) is 0 Å². The molecule has 0 aromatic carbocycles. The second kappa shape index (κ2) is 7.93. The van der Waals surface area contributed by atoms with Crippen molar-refractivity contribution in [2.45, 2.75) is 13.5 Å². The minimum atomic E-state index is -1.29. The number of ether oxygens (including phenoxy) is 2. The van der Waals surface area contributed by atoms with Crippen LogP contribution in [0.4, 0.5) is 0 Å². The maximum Gasteiger partial charge on any atom is 0.150 e. The van der Waals surface area contributed by atoms with Crippen molar-refractivity contribution in [3.63, 3.8) is 0 Å². The molecule has 1 rings (SSSR count). The van der Waals surface area contributed by atoms with Crippen LogP contribution in [0.5, 0.6) is 0 Å². The summed E-state index contributed by atoms with van der Waals surface area (Å²) in [6, 6.07) is 1.53. The van der Waals surface area contributed by atoms with Gasteiger partial charge in [0.05, 0.1) is 13.2 Å². The number of methoxy groups -OCH3 is 2. The van der Waals surface area contributed by atoms with Gasteiger partial charge in [-0.05, 0) is 13.0 Å². The molecular formula is C13H21NO5. The number of carboxylic acids is 1. The summed E-state index contributed by atoms with van der Waals surface area (Å²) in [7, 11) is 3.32. The van der Waals surface area contributed by atoms with Crippen LogP contribution in [-0.4, -0.2) is 46.5 Å². The molecule has 0 bridgehead atoms. The zero-order chi connectivity index (χ0) is 14.3. The summed E-state index contributed by atoms with van der Waals surface area (Å²) >= 11 is 0. The zero-order valence-electron chi connectivity index (χ0n) is 11.7. The van der Waals surface area contributed by atoms with Gasteiger partial charge in [0.1, 0.15) is 37.1 Å². The van der Waals surface area contributed by atoms with E-state index in [-0.39, 0.29) is 5.76 Å². The highest BCUT2D eigenvalue weighted by Crippen LogP contribution is 2.12. The number of quaternary nitrogens is 1. The Labute approximate surface area is 112 Å². The van der Waals surface area contributed by atoms with E-state index >= 15 is 0 Å². The van der Waals surface area contributed by atoms with Gasteiger partial charge in [0, 0.05) is 19.8 Å². The molecule has 1 aromatic rings. The second-order valence-corrected chi connectivity index (χ2v) is 4.39. The van der Waals surface area contributed by atoms with Crippen LogP contribution in [-0.2, 0) is 16.0 Å². The Bertz CT molecular complexity index is 394. The topological polar surface area (TPSA) is 76.2 Å². The normalized spacial score (nSPS) is 11.2. The Hall–Kier alpha value is -1.37. The van der Waals surface area contributed by atoms with Crippen LogP contribution in [0, 0.1) is 6.92 Å². The lowest BCUT2D eigenvalue weighted by atomic mass is 10.2. The maximum atomic E-state index is 10.7. The highest BCUT2D eigenvalue weighted by molar-refractivity contribution is 5.82. The quantitative estimate of drug-likeness (QED) is 0.599. The summed E-state index contributed by atoms with van der Waals surface area (Å²) in [6.07, 6.45) is 0. The van der Waals surface area contributed by atoms with Crippen molar-refractivity contribution in [1.29, 1.82) is 0 Å². The first kappa shape index (κ1) is 15.7. The van der Waals surface area contributed by atoms with Crippen LogP contribution in [0.3, 0.4) is 0 Å². The van der Waals surface area contributed by atoms with Crippen LogP contribution in [0.1, 0.15) is 21.9 Å². The summed E-state index contributed by atoms with van der Waals surface area (Å²) in [5, 5.41) is 10.7. The Kier molecular flexibility index (Phi) is 6.55. The van der Waals surface area contributed by atoms with Gasteiger partial charge >= 0.3 is 0 Å². The molecule has 19 heavy (non-hydrogen) atoms. The molecule has 0 saturated heterocycles. The fourth-order valence-corrected chi connectivity index (χ4v) is 1.86. The van der Waals surface area contributed by atoms with Gasteiger partial charge in [-0.2, -0.15) is 0 Å². The molecular weight excluding hydrogens is 250 g/mol. The van der Waals surface area contributed by atoms with Gasteiger partial charge in [-0.15, -0.1) is 0 Å². The molecule has 6 heteroatoms. The molecule has 0 fully saturated rings. The van der Waals surface area contributed by atoms with Gasteiger partial charge in [0.25, 0.3) is 0 Å². The third-order valence-electron chi connectivity index (χ3n) is 2.98. The van der Waals surface area contributed by atoms with Crippen LogP contribution in [0.25, 0.3) is 0 Å². The molecule has 0 unspecified atom stereocenters. The molecule has 0 aliphatic rings. The van der Waals surface area contributed by atoms with E-state index < -0.39 is 5.97 Å². The Morgan fingerprint density at radius 3 is 2.32 bits per heavy atom. The van der Waals surface area contributed by atoms with Crippen LogP contribution >= 0.6 is 0 Å². The average molecular weight is 271 g/mol. The second-order valence-electron chi connectivity index (χ2n) is 4.39. The van der Waals surface area contributed by atoms with Crippen LogP contribution < -0.4 is 10.0 Å². The molecule has 0 aliphatic carbocycles. The van der Waals surface area contributed by atoms with Crippen molar-refractivity contribution >= 4 is 5.97 Å². The predicted octanol–water partition coefficient (Wildman–Crippen LogP) is -1.37. The van der Waals surface area contributed by atoms with Gasteiger partial charge in [-0.25, -0.2) is 0 Å². The largest absolute Gasteiger partial charge is 0.542 e. The molecule has 1 heterocycles. The van der Waals surface area contributed by atoms with E-state index in [0.717, 1.165) is 18.7 Å². The molecule has 0 saturated carbocycles. The lowest BCUT2D eigenvalue weighted by Gasteiger charge is -2.18. The smallest absolute Gasteiger partial charge is 0.150 e. The lowest BCUT2D eigenvalue weighted by Crippen LogP contribution is -3.11. The number of aromatic carboxylic acids is 1. The monoisotopic (exact) mass is 271 g/mol. The van der Waals surface area contributed by atoms with Crippen molar-refractivity contribution in [2.24, 2.45) is 0 Å². The summed E-state index contributed by atoms with van der Waals surface area (Å²) in [5.41, 5.74) is 0.876. The van der Waals surface area contributed by atoms with Crippen molar-refractivity contribution in [3.05, 3.63) is 23.2 Å². The van der Waals surface area contributed by atoms with Gasteiger partial charge in [-0.1, -0.05) is 0 Å². The molecule has 108 valence electrons. The Morgan fingerprint density at radius 2 is 1.89 bits per heavy atom. The summed E-state index contributed by atoms with van der Waals surface area (Å²) in [5.74, 6) is -0.790. The highest BCUT2D eigenvalue weighted by Gasteiger charge is 2.15. The summed E-state index contributed by atoms with van der Waals surface area (Å²) in [6.45, 7) is 5.37. The number of rotatable bonds is 9. The molecule has 0 atom stereocenters. The van der Waals surface area contributed by atoms with Crippen molar-refractivity contribution in [3.8, 4) is 0 Å². The van der Waals surface area contributed by atoms with E-state index in [1.165, 1.54) is 11.0 Å². The first-order valence-corrected chi connectivity index (χ1v) is 6.20. The molecule has 0 amide bonds. The highest BCUT2D eigenvalue weighted by atomic mass is 16.5. The SMILES string of the molecule is COCC[NH+](CCOC)Cc1cc(C(=O)[O-])oc1C. The molecule has 0 aliphatic heterocycles. The van der Waals surface area contributed by atoms with E-state index in [0.29, 0.717) is 25.5 Å². The van der Waals surface area contributed by atoms with E-state index in [1.807, 2.05) is 0 Å². The Morgan fingerprint density at radius 1 is 1.32 bits per heavy atom. The minimum Gasteiger partial charge on any atom is -0.542 e. The van der Waals surface area contributed by atoms with Gasteiger partial charge in [0.2, 0.25) is 0 Å². The van der Waals surface area contributed by atoms with E-state index in [1.54, 1.807) is 21.1 Å². The average Bonchev–Trinajstić information content (AvgIpc) is 2.74. The minimum absolute atomic E-state index is 0.120. The van der Waals surface area contributed by atoms with Gasteiger partial charge < -0.3 is 28.7 Å². The number of hydrogen-bond acceptors (Lipinski definition) is 5. The Balaban J connectivity index is 2.68. The molecule has 6 nitrogen and oxygen atoms in total. The number of carbonyl (C=O) groups excluding carboxylic acids is 1. The maximum absolute atomic E-state index is 10.7. The summed E-state index contributed by atoms with van der Waals surface area (Å²) in [4.78, 5) is 12.0. The lowest BCUT2D eigenvalue weighted by molar-refractivity contribution is -0.914. The fraction of sp³-hybridized carbons (Fsp3) is 0.615. The molecule has 0 spiro atoms. The zero-order valence-corrected chi connectivity index (χ0v) is 11.7. The number of carboxylic acid groups (broad SMARTS) is 1. The van der Waals surface area contributed by atoms with E-state index in [9.17, 15) is 9.90 Å². The van der Waals surface area contributed by atoms with Crippen molar-refractivity contribution < 1.29 is 28.7 Å². The number of furan rings is 1. The number of nitrogens with one attached hydrogen (secondary N) is 1. The van der Waals surface area contributed by atoms with Crippen molar-refractivity contribution in [2.75, 3.05) is 40.5 Å². The number of hydrogen-bond donors (Lipinski definition) is 1. The molecule has 0 radical (unpaired) electrons. The van der Waals surface area contributed by atoms with E-state index in [4.69, 9.17) is 13.9 Å². The predicted molar refractivity (Wildman–Crippen MR) is 65.9 cm³/mol. The van der Waals surface area contributed by atoms with Crippen LogP contribution in [0.2, 0.25) is 0 Å². The third-order valence-corrected chi connectivity index (χ3v) is 2.98.